The molecule has 0 amide bonds. The molecular formula is C15H16N2O3S. The number of ether oxygens (including phenoxy) is 1. The van der Waals surface area contributed by atoms with Gasteiger partial charge in [-0.15, -0.1) is 11.3 Å². The highest BCUT2D eigenvalue weighted by atomic mass is 32.1. The second-order valence-corrected chi connectivity index (χ2v) is 7.06. The molecule has 0 bridgehead atoms. The molecular weight excluding hydrogens is 288 g/mol. The van der Waals surface area contributed by atoms with Gasteiger partial charge < -0.3 is 9.72 Å². The quantitative estimate of drug-likeness (QED) is 0.882. The van der Waals surface area contributed by atoms with Crippen molar-refractivity contribution in [3.8, 4) is 0 Å². The maximum Gasteiger partial charge on any atom is 0.309 e. The first-order valence-electron chi connectivity index (χ1n) is 7.33. The fraction of sp³-hybridized carbons (Fsp3) is 0.533. The summed E-state index contributed by atoms with van der Waals surface area (Å²) in [6.07, 6.45) is 4.03. The van der Waals surface area contributed by atoms with Crippen LogP contribution in [0.3, 0.4) is 0 Å². The van der Waals surface area contributed by atoms with E-state index in [4.69, 9.17) is 4.74 Å². The number of nitrogens with zero attached hydrogens (tertiary/aromatic N) is 1. The van der Waals surface area contributed by atoms with Gasteiger partial charge in [-0.1, -0.05) is 6.92 Å². The number of thiophene rings is 1. The molecule has 0 unspecified atom stereocenters. The average Bonchev–Trinajstić information content (AvgIpc) is 2.85. The summed E-state index contributed by atoms with van der Waals surface area (Å²) in [7, 11) is 0. The van der Waals surface area contributed by atoms with Crippen molar-refractivity contribution >= 4 is 27.5 Å². The predicted molar refractivity (Wildman–Crippen MR) is 79.3 cm³/mol. The third kappa shape index (κ3) is 2.18. The number of nitrogens with one attached hydrogen (secondary N) is 1. The number of rotatable bonds is 3. The lowest BCUT2D eigenvalue weighted by atomic mass is 10.2. The minimum absolute atomic E-state index is 0.0333. The van der Waals surface area contributed by atoms with Crippen molar-refractivity contribution in [2.24, 2.45) is 11.8 Å². The van der Waals surface area contributed by atoms with Crippen LogP contribution in [0.4, 0.5) is 0 Å². The van der Waals surface area contributed by atoms with Crippen LogP contribution in [0.2, 0.25) is 0 Å². The van der Waals surface area contributed by atoms with Gasteiger partial charge in [0.1, 0.15) is 17.3 Å². The number of fused-ring (bicyclic) bond motifs is 3. The zero-order valence-electron chi connectivity index (χ0n) is 11.8. The first kappa shape index (κ1) is 13.0. The molecule has 2 atom stereocenters. The van der Waals surface area contributed by atoms with Crippen LogP contribution >= 0.6 is 11.3 Å². The Kier molecular flexibility index (Phi) is 2.89. The molecule has 2 aliphatic rings. The lowest BCUT2D eigenvalue weighted by Gasteiger charge is -2.04. The molecule has 2 aromatic heterocycles. The van der Waals surface area contributed by atoms with Gasteiger partial charge in [-0.2, -0.15) is 0 Å². The van der Waals surface area contributed by atoms with E-state index in [1.54, 1.807) is 11.3 Å². The molecule has 0 aromatic carbocycles. The minimum Gasteiger partial charge on any atom is -0.457 e. The molecule has 5 nitrogen and oxygen atoms in total. The van der Waals surface area contributed by atoms with Crippen molar-refractivity contribution in [3.05, 3.63) is 26.6 Å². The van der Waals surface area contributed by atoms with Crippen LogP contribution in [0.5, 0.6) is 0 Å². The summed E-state index contributed by atoms with van der Waals surface area (Å²) < 4.78 is 5.24. The van der Waals surface area contributed by atoms with Crippen molar-refractivity contribution in [3.63, 3.8) is 0 Å². The summed E-state index contributed by atoms with van der Waals surface area (Å²) >= 11 is 1.60. The van der Waals surface area contributed by atoms with Crippen molar-refractivity contribution < 1.29 is 9.53 Å². The first-order valence-corrected chi connectivity index (χ1v) is 8.15. The van der Waals surface area contributed by atoms with E-state index in [1.807, 2.05) is 6.92 Å². The molecule has 1 saturated carbocycles. The SMILES string of the molecule is C[C@@H]1C[C@@H]1C(=O)OCc1nc2sc3c(c2c(=O)[nH]1)CCC3. The zero-order valence-corrected chi connectivity index (χ0v) is 12.6. The summed E-state index contributed by atoms with van der Waals surface area (Å²) in [6.45, 7) is 2.08. The largest absolute Gasteiger partial charge is 0.457 e. The monoisotopic (exact) mass is 304 g/mol. The van der Waals surface area contributed by atoms with Crippen LogP contribution < -0.4 is 5.56 Å². The molecule has 2 aromatic rings. The smallest absolute Gasteiger partial charge is 0.309 e. The lowest BCUT2D eigenvalue weighted by molar-refractivity contribution is -0.147. The summed E-state index contributed by atoms with van der Waals surface area (Å²) in [5.74, 6) is 0.714. The normalized spacial score (nSPS) is 23.3. The molecule has 2 aliphatic carbocycles. The Balaban J connectivity index is 1.59. The highest BCUT2D eigenvalue weighted by Gasteiger charge is 2.40. The summed E-state index contributed by atoms with van der Waals surface area (Å²) in [5.41, 5.74) is 1.06. The molecule has 2 heterocycles. The third-order valence-electron chi connectivity index (χ3n) is 4.39. The van der Waals surface area contributed by atoms with E-state index < -0.39 is 0 Å². The van der Waals surface area contributed by atoms with Crippen molar-refractivity contribution in [1.29, 1.82) is 0 Å². The summed E-state index contributed by atoms with van der Waals surface area (Å²) in [5, 5.41) is 0.735. The van der Waals surface area contributed by atoms with Gasteiger partial charge in [-0.05, 0) is 37.2 Å². The number of aromatic amines is 1. The van der Waals surface area contributed by atoms with Gasteiger partial charge in [0.05, 0.1) is 11.3 Å². The van der Waals surface area contributed by atoms with Crippen LogP contribution in [-0.4, -0.2) is 15.9 Å². The van der Waals surface area contributed by atoms with Crippen LogP contribution in [0.25, 0.3) is 10.2 Å². The Bertz CT molecular complexity index is 792. The third-order valence-corrected chi connectivity index (χ3v) is 5.57. The summed E-state index contributed by atoms with van der Waals surface area (Å²) in [6, 6.07) is 0. The highest BCUT2D eigenvalue weighted by Crippen LogP contribution is 2.38. The number of aryl methyl sites for hydroxylation is 2. The lowest BCUT2D eigenvalue weighted by Crippen LogP contribution is -2.15. The maximum absolute atomic E-state index is 12.2. The molecule has 0 aliphatic heterocycles. The summed E-state index contributed by atoms with van der Waals surface area (Å²) in [4.78, 5) is 33.2. The van der Waals surface area contributed by atoms with Gasteiger partial charge in [0, 0.05) is 4.88 Å². The fourth-order valence-corrected chi connectivity index (χ4v) is 4.29. The number of H-pyrrole nitrogens is 1. The van der Waals surface area contributed by atoms with E-state index in [2.05, 4.69) is 9.97 Å². The number of carbonyl (C=O) groups is 1. The molecule has 1 N–H and O–H groups in total. The molecule has 0 spiro atoms. The topological polar surface area (TPSA) is 72.0 Å². The van der Waals surface area contributed by atoms with E-state index >= 15 is 0 Å². The van der Waals surface area contributed by atoms with Crippen LogP contribution in [0.15, 0.2) is 4.79 Å². The predicted octanol–water partition coefficient (Wildman–Crippen LogP) is 2.17. The van der Waals surface area contributed by atoms with Gasteiger partial charge in [-0.25, -0.2) is 4.98 Å². The van der Waals surface area contributed by atoms with Crippen molar-refractivity contribution in [2.45, 2.75) is 39.2 Å². The molecule has 1 fully saturated rings. The second kappa shape index (κ2) is 4.66. The number of carbonyl (C=O) groups excluding carboxylic acids is 1. The second-order valence-electron chi connectivity index (χ2n) is 5.98. The number of hydrogen-bond donors (Lipinski definition) is 1. The molecule has 0 radical (unpaired) electrons. The molecule has 4 rings (SSSR count). The molecule has 110 valence electrons. The molecule has 6 heteroatoms. The van der Waals surface area contributed by atoms with E-state index in [9.17, 15) is 9.59 Å². The van der Waals surface area contributed by atoms with Gasteiger partial charge >= 0.3 is 5.97 Å². The Morgan fingerprint density at radius 3 is 3.05 bits per heavy atom. The zero-order chi connectivity index (χ0) is 14.6. The number of esters is 1. The van der Waals surface area contributed by atoms with Gasteiger partial charge in [-0.3, -0.25) is 9.59 Å². The van der Waals surface area contributed by atoms with Gasteiger partial charge in [0.15, 0.2) is 0 Å². The minimum atomic E-state index is -0.182. The van der Waals surface area contributed by atoms with Crippen LogP contribution in [0, 0.1) is 11.8 Å². The van der Waals surface area contributed by atoms with E-state index in [0.717, 1.165) is 35.9 Å². The van der Waals surface area contributed by atoms with E-state index in [-0.39, 0.29) is 24.1 Å². The van der Waals surface area contributed by atoms with Gasteiger partial charge in [0.25, 0.3) is 5.56 Å². The Morgan fingerprint density at radius 2 is 2.29 bits per heavy atom. The van der Waals surface area contributed by atoms with E-state index in [1.165, 1.54) is 10.4 Å². The first-order chi connectivity index (χ1) is 10.1. The van der Waals surface area contributed by atoms with Gasteiger partial charge in [0.2, 0.25) is 0 Å². The van der Waals surface area contributed by atoms with Crippen molar-refractivity contribution in [1.82, 2.24) is 9.97 Å². The number of hydrogen-bond acceptors (Lipinski definition) is 5. The standard InChI is InChI=1S/C15H16N2O3S/c1-7-5-9(7)15(19)20-6-11-16-13(18)12-8-3-2-4-10(8)21-14(12)17-11/h7,9H,2-6H2,1H3,(H,16,17,18)/t7-,9+/m1/s1. The fourth-order valence-electron chi connectivity index (χ4n) is 3.01. The van der Waals surface area contributed by atoms with Crippen LogP contribution in [-0.2, 0) is 29.0 Å². The Morgan fingerprint density at radius 1 is 1.48 bits per heavy atom. The Labute approximate surface area is 125 Å². The highest BCUT2D eigenvalue weighted by molar-refractivity contribution is 7.18. The average molecular weight is 304 g/mol. The number of aromatic nitrogens is 2. The van der Waals surface area contributed by atoms with Crippen molar-refractivity contribution in [2.75, 3.05) is 0 Å². The molecule has 21 heavy (non-hydrogen) atoms. The maximum atomic E-state index is 12.2. The molecule has 0 saturated heterocycles. The Hall–Kier alpha value is -1.69. The van der Waals surface area contributed by atoms with E-state index in [0.29, 0.717) is 11.7 Å². The van der Waals surface area contributed by atoms with Crippen LogP contribution in [0.1, 0.15) is 36.0 Å².